The minimum absolute atomic E-state index is 0.302. The molecule has 0 fully saturated rings. The molecule has 0 spiro atoms. The molecule has 0 unspecified atom stereocenters. The average Bonchev–Trinajstić information content (AvgIpc) is 2.27. The molecule has 0 aliphatic rings. The minimum atomic E-state index is -0.302. The second kappa shape index (κ2) is 8.96. The van der Waals surface area contributed by atoms with Crippen LogP contribution < -0.4 is 0 Å². The van der Waals surface area contributed by atoms with Crippen LogP contribution in [-0.4, -0.2) is 5.97 Å². The minimum Gasteiger partial charge on any atom is -0.432 e. The number of allylic oxidation sites excluding steroid dienone is 2. The van der Waals surface area contributed by atoms with Gasteiger partial charge in [0.25, 0.3) is 0 Å². The van der Waals surface area contributed by atoms with Crippen LogP contribution in [0.3, 0.4) is 0 Å². The summed E-state index contributed by atoms with van der Waals surface area (Å²) in [5, 5.41) is 0. The molecule has 0 amide bonds. The molecule has 16 heavy (non-hydrogen) atoms. The maximum atomic E-state index is 11.5. The van der Waals surface area contributed by atoms with Crippen molar-refractivity contribution in [1.82, 2.24) is 0 Å². The summed E-state index contributed by atoms with van der Waals surface area (Å²) in [6, 6.07) is 0. The highest BCUT2D eigenvalue weighted by Gasteiger charge is 2.10. The first kappa shape index (κ1) is 14.7. The first-order valence-electron chi connectivity index (χ1n) is 5.78. The summed E-state index contributed by atoms with van der Waals surface area (Å²) in [6.07, 6.45) is 8.16. The summed E-state index contributed by atoms with van der Waals surface area (Å²) in [5.41, 5.74) is 1.81. The number of unbranched alkanes of at least 4 members (excludes halogenated alkanes) is 2. The third-order valence-electron chi connectivity index (χ3n) is 2.50. The number of ether oxygens (including phenoxy) is 1. The summed E-state index contributed by atoms with van der Waals surface area (Å²) < 4.78 is 4.77. The van der Waals surface area contributed by atoms with Gasteiger partial charge in [0.1, 0.15) is 0 Å². The number of carbonyl (C=O) groups is 1. The number of hydrogen-bond donors (Lipinski definition) is 0. The fourth-order valence-electron chi connectivity index (χ4n) is 1.51. The number of rotatable bonds is 8. The van der Waals surface area contributed by atoms with Gasteiger partial charge in [-0.25, -0.2) is 4.79 Å². The van der Waals surface area contributed by atoms with Crippen LogP contribution in [-0.2, 0) is 9.53 Å². The molecule has 0 N–H and O–H groups in total. The molecule has 0 saturated carbocycles. The highest BCUT2D eigenvalue weighted by atomic mass is 16.5. The van der Waals surface area contributed by atoms with E-state index in [-0.39, 0.29) is 5.97 Å². The standard InChI is InChI=1S/C14H22O2/c1-5-8-9-11-13(10-6-2)12(4)14(15)16-7-3/h6-7H,2-3,5,8-11H2,1,4H3. The molecule has 0 atom stereocenters. The van der Waals surface area contributed by atoms with Gasteiger partial charge in [-0.1, -0.05) is 38.0 Å². The quantitative estimate of drug-likeness (QED) is 0.203. The second-order valence-electron chi connectivity index (χ2n) is 3.75. The van der Waals surface area contributed by atoms with Gasteiger partial charge in [-0.15, -0.1) is 6.58 Å². The van der Waals surface area contributed by atoms with Crippen LogP contribution in [0.1, 0.15) is 46.0 Å². The van der Waals surface area contributed by atoms with Crippen molar-refractivity contribution < 1.29 is 9.53 Å². The van der Waals surface area contributed by atoms with E-state index >= 15 is 0 Å². The van der Waals surface area contributed by atoms with Crippen molar-refractivity contribution in [2.75, 3.05) is 0 Å². The van der Waals surface area contributed by atoms with Crippen molar-refractivity contribution in [3.63, 3.8) is 0 Å². The smallest absolute Gasteiger partial charge is 0.338 e. The van der Waals surface area contributed by atoms with Gasteiger partial charge in [-0.3, -0.25) is 0 Å². The van der Waals surface area contributed by atoms with Crippen molar-refractivity contribution in [2.45, 2.75) is 46.0 Å². The Morgan fingerprint density at radius 1 is 1.31 bits per heavy atom. The highest BCUT2D eigenvalue weighted by molar-refractivity contribution is 5.89. The SMILES string of the molecule is C=CCC(CCCCC)=C(C)C(=O)OC=C. The van der Waals surface area contributed by atoms with Crippen LogP contribution in [0.4, 0.5) is 0 Å². The van der Waals surface area contributed by atoms with Crippen molar-refractivity contribution in [1.29, 1.82) is 0 Å². The van der Waals surface area contributed by atoms with E-state index in [1.54, 1.807) is 6.92 Å². The molecule has 0 saturated heterocycles. The molecule has 0 heterocycles. The zero-order valence-electron chi connectivity index (χ0n) is 10.4. The fourth-order valence-corrected chi connectivity index (χ4v) is 1.51. The van der Waals surface area contributed by atoms with Gasteiger partial charge in [0, 0.05) is 5.57 Å². The third kappa shape index (κ3) is 5.54. The van der Waals surface area contributed by atoms with Crippen molar-refractivity contribution in [2.24, 2.45) is 0 Å². The van der Waals surface area contributed by atoms with Crippen LogP contribution >= 0.6 is 0 Å². The van der Waals surface area contributed by atoms with E-state index in [1.807, 2.05) is 6.08 Å². The maximum Gasteiger partial charge on any atom is 0.338 e. The van der Waals surface area contributed by atoms with Crippen molar-refractivity contribution >= 4 is 5.97 Å². The molecule has 0 aromatic heterocycles. The van der Waals surface area contributed by atoms with Gasteiger partial charge in [0.15, 0.2) is 0 Å². The van der Waals surface area contributed by atoms with Gasteiger partial charge < -0.3 is 4.74 Å². The predicted octanol–water partition coefficient (Wildman–Crippen LogP) is 4.15. The van der Waals surface area contributed by atoms with Crippen molar-refractivity contribution in [3.8, 4) is 0 Å². The van der Waals surface area contributed by atoms with E-state index in [1.165, 1.54) is 19.1 Å². The van der Waals surface area contributed by atoms with Gasteiger partial charge in [-0.2, -0.15) is 0 Å². The number of hydrogen-bond acceptors (Lipinski definition) is 2. The van der Waals surface area contributed by atoms with Crippen molar-refractivity contribution in [3.05, 3.63) is 36.6 Å². The Balaban J connectivity index is 4.55. The Labute approximate surface area is 98.7 Å². The molecule has 2 nitrogen and oxygen atoms in total. The van der Waals surface area contributed by atoms with E-state index in [0.29, 0.717) is 5.57 Å². The van der Waals surface area contributed by atoms with E-state index in [0.717, 1.165) is 24.8 Å². The van der Waals surface area contributed by atoms with Crippen LogP contribution in [0, 0.1) is 0 Å². The van der Waals surface area contributed by atoms with E-state index in [2.05, 4.69) is 20.1 Å². The maximum absolute atomic E-state index is 11.5. The lowest BCUT2D eigenvalue weighted by Crippen LogP contribution is -2.04. The zero-order chi connectivity index (χ0) is 12.4. The molecule has 2 heteroatoms. The van der Waals surface area contributed by atoms with Gasteiger partial charge in [-0.05, 0) is 26.2 Å². The molecule has 0 radical (unpaired) electrons. The Kier molecular flexibility index (Phi) is 8.22. The van der Waals surface area contributed by atoms with Gasteiger partial charge in [0.2, 0.25) is 0 Å². The molecular weight excluding hydrogens is 200 g/mol. The number of carbonyl (C=O) groups excluding carboxylic acids is 1. The Morgan fingerprint density at radius 2 is 2.00 bits per heavy atom. The average molecular weight is 222 g/mol. The summed E-state index contributed by atoms with van der Waals surface area (Å²) in [5.74, 6) is -0.302. The molecule has 0 aliphatic heterocycles. The third-order valence-corrected chi connectivity index (χ3v) is 2.50. The molecule has 0 aliphatic carbocycles. The Morgan fingerprint density at radius 3 is 2.50 bits per heavy atom. The monoisotopic (exact) mass is 222 g/mol. The lowest BCUT2D eigenvalue weighted by Gasteiger charge is -2.08. The fraction of sp³-hybridized carbons (Fsp3) is 0.500. The largest absolute Gasteiger partial charge is 0.432 e. The summed E-state index contributed by atoms with van der Waals surface area (Å²) in [7, 11) is 0. The molecule has 0 rings (SSSR count). The lowest BCUT2D eigenvalue weighted by atomic mass is 9.99. The summed E-state index contributed by atoms with van der Waals surface area (Å²) in [6.45, 7) is 11.1. The van der Waals surface area contributed by atoms with Crippen LogP contribution in [0.25, 0.3) is 0 Å². The first-order valence-corrected chi connectivity index (χ1v) is 5.78. The summed E-state index contributed by atoms with van der Waals surface area (Å²) >= 11 is 0. The molecule has 0 aromatic rings. The highest BCUT2D eigenvalue weighted by Crippen LogP contribution is 2.18. The van der Waals surface area contributed by atoms with E-state index < -0.39 is 0 Å². The number of esters is 1. The summed E-state index contributed by atoms with van der Waals surface area (Å²) in [4.78, 5) is 11.5. The predicted molar refractivity (Wildman–Crippen MR) is 67.9 cm³/mol. The second-order valence-corrected chi connectivity index (χ2v) is 3.75. The Hall–Kier alpha value is -1.31. The lowest BCUT2D eigenvalue weighted by molar-refractivity contribution is -0.133. The molecular formula is C14H22O2. The van der Waals surface area contributed by atoms with Crippen LogP contribution in [0.15, 0.2) is 36.6 Å². The Bertz CT molecular complexity index is 274. The van der Waals surface area contributed by atoms with Crippen LogP contribution in [0.5, 0.6) is 0 Å². The molecule has 0 bridgehead atoms. The first-order chi connectivity index (χ1) is 7.67. The van der Waals surface area contributed by atoms with E-state index in [4.69, 9.17) is 4.74 Å². The molecule has 90 valence electrons. The topological polar surface area (TPSA) is 26.3 Å². The zero-order valence-corrected chi connectivity index (χ0v) is 10.4. The molecule has 0 aromatic carbocycles. The van der Waals surface area contributed by atoms with E-state index in [9.17, 15) is 4.79 Å². The normalized spacial score (nSPS) is 11.6. The van der Waals surface area contributed by atoms with Gasteiger partial charge >= 0.3 is 5.97 Å². The van der Waals surface area contributed by atoms with Crippen LogP contribution in [0.2, 0.25) is 0 Å². The van der Waals surface area contributed by atoms with Gasteiger partial charge in [0.05, 0.1) is 6.26 Å².